The molecule has 7 heteroatoms. The first-order valence-corrected chi connectivity index (χ1v) is 10.6. The first-order valence-electron chi connectivity index (χ1n) is 10.6. The van der Waals surface area contributed by atoms with Crippen LogP contribution in [-0.2, 0) is 11.3 Å². The third kappa shape index (κ3) is 4.99. The molecule has 7 nitrogen and oxygen atoms in total. The first-order chi connectivity index (χ1) is 14.8. The zero-order valence-electron chi connectivity index (χ0n) is 18.0. The highest BCUT2D eigenvalue weighted by Crippen LogP contribution is 2.40. The van der Waals surface area contributed by atoms with Crippen LogP contribution in [0.1, 0.15) is 36.2 Å². The molecule has 2 heterocycles. The molecule has 1 N–H and O–H groups in total. The van der Waals surface area contributed by atoms with E-state index in [1.807, 2.05) is 32.0 Å². The summed E-state index contributed by atoms with van der Waals surface area (Å²) < 4.78 is 11.5. The molecule has 164 valence electrons. The van der Waals surface area contributed by atoms with E-state index in [-0.39, 0.29) is 36.0 Å². The number of hydrogen-bond donors (Lipinski definition) is 1. The number of carbonyl (C=O) groups is 2. The van der Waals surface area contributed by atoms with Crippen LogP contribution in [-0.4, -0.2) is 65.0 Å². The van der Waals surface area contributed by atoms with Gasteiger partial charge in [0.1, 0.15) is 28.4 Å². The minimum Gasteiger partial charge on any atom is -0.507 e. The van der Waals surface area contributed by atoms with Gasteiger partial charge in [-0.15, -0.1) is 0 Å². The lowest BCUT2D eigenvalue weighted by Gasteiger charge is -2.34. The van der Waals surface area contributed by atoms with Crippen LogP contribution < -0.4 is 9.47 Å². The number of hydrogen-bond acceptors (Lipinski definition) is 6. The predicted octanol–water partition coefficient (Wildman–Crippen LogP) is 2.86. The van der Waals surface area contributed by atoms with E-state index < -0.39 is 5.60 Å². The fraction of sp³-hybridized carbons (Fsp3) is 0.417. The van der Waals surface area contributed by atoms with Crippen LogP contribution in [0, 0.1) is 0 Å². The average Bonchev–Trinajstić information content (AvgIpc) is 2.72. The summed E-state index contributed by atoms with van der Waals surface area (Å²) >= 11 is 0. The van der Waals surface area contributed by atoms with Crippen LogP contribution in [0.25, 0.3) is 0 Å². The summed E-state index contributed by atoms with van der Waals surface area (Å²) in [6, 6.07) is 13.2. The SMILES string of the molecule is CC1(C)CC(=O)c2c(O)cc(OCC(=O)N3CCN(Cc4ccccc4)CC3)cc2O1. The van der Waals surface area contributed by atoms with Gasteiger partial charge in [-0.05, 0) is 19.4 Å². The molecule has 4 rings (SSSR count). The number of piperazine rings is 1. The molecule has 0 bridgehead atoms. The Labute approximate surface area is 182 Å². The van der Waals surface area contributed by atoms with Gasteiger partial charge in [0, 0.05) is 44.9 Å². The van der Waals surface area contributed by atoms with Gasteiger partial charge in [0.25, 0.3) is 5.91 Å². The number of ether oxygens (including phenoxy) is 2. The largest absolute Gasteiger partial charge is 0.507 e. The second-order valence-electron chi connectivity index (χ2n) is 8.71. The molecule has 0 unspecified atom stereocenters. The minimum absolute atomic E-state index is 0.103. The first kappa shape index (κ1) is 21.2. The zero-order valence-corrected chi connectivity index (χ0v) is 18.0. The van der Waals surface area contributed by atoms with E-state index in [0.29, 0.717) is 24.6 Å². The van der Waals surface area contributed by atoms with E-state index in [1.165, 1.54) is 11.6 Å². The van der Waals surface area contributed by atoms with E-state index >= 15 is 0 Å². The number of carbonyl (C=O) groups excluding carboxylic acids is 2. The molecular weight excluding hydrogens is 396 g/mol. The number of phenolic OH excluding ortho intramolecular Hbond substituents is 1. The highest BCUT2D eigenvalue weighted by atomic mass is 16.5. The van der Waals surface area contributed by atoms with Gasteiger partial charge in [-0.2, -0.15) is 0 Å². The highest BCUT2D eigenvalue weighted by molar-refractivity contribution is 6.03. The summed E-state index contributed by atoms with van der Waals surface area (Å²) in [6.07, 6.45) is 0.197. The molecule has 0 saturated carbocycles. The zero-order chi connectivity index (χ0) is 22.0. The van der Waals surface area contributed by atoms with Crippen LogP contribution in [0.5, 0.6) is 17.2 Å². The van der Waals surface area contributed by atoms with Crippen molar-refractivity contribution in [3.05, 3.63) is 53.6 Å². The Morgan fingerprint density at radius 1 is 1.13 bits per heavy atom. The van der Waals surface area contributed by atoms with Crippen LogP contribution >= 0.6 is 0 Å². The second kappa shape index (κ2) is 8.59. The second-order valence-corrected chi connectivity index (χ2v) is 8.71. The van der Waals surface area contributed by atoms with Crippen LogP contribution in [0.15, 0.2) is 42.5 Å². The van der Waals surface area contributed by atoms with Crippen LogP contribution in [0.3, 0.4) is 0 Å². The van der Waals surface area contributed by atoms with Gasteiger partial charge in [0.05, 0.1) is 6.42 Å². The van der Waals surface area contributed by atoms with Crippen molar-refractivity contribution in [2.45, 2.75) is 32.4 Å². The maximum Gasteiger partial charge on any atom is 0.260 e. The normalized spacial score (nSPS) is 18.3. The molecule has 1 fully saturated rings. The fourth-order valence-electron chi connectivity index (χ4n) is 4.06. The van der Waals surface area contributed by atoms with Crippen molar-refractivity contribution < 1.29 is 24.2 Å². The van der Waals surface area contributed by atoms with E-state index in [2.05, 4.69) is 17.0 Å². The molecule has 0 atom stereocenters. The lowest BCUT2D eigenvalue weighted by Crippen LogP contribution is -2.49. The fourth-order valence-corrected chi connectivity index (χ4v) is 4.06. The van der Waals surface area contributed by atoms with Gasteiger partial charge in [-0.3, -0.25) is 14.5 Å². The molecule has 31 heavy (non-hydrogen) atoms. The third-order valence-corrected chi connectivity index (χ3v) is 5.64. The van der Waals surface area contributed by atoms with E-state index in [9.17, 15) is 14.7 Å². The molecule has 1 saturated heterocycles. The number of phenols is 1. The molecule has 0 radical (unpaired) electrons. The Hall–Kier alpha value is -3.06. The number of nitrogens with zero attached hydrogens (tertiary/aromatic N) is 2. The van der Waals surface area contributed by atoms with Gasteiger partial charge < -0.3 is 19.5 Å². The Bertz CT molecular complexity index is 965. The smallest absolute Gasteiger partial charge is 0.260 e. The predicted molar refractivity (Wildman–Crippen MR) is 116 cm³/mol. The van der Waals surface area contributed by atoms with Crippen molar-refractivity contribution in [1.82, 2.24) is 9.80 Å². The summed E-state index contributed by atoms with van der Waals surface area (Å²) in [4.78, 5) is 29.0. The van der Waals surface area contributed by atoms with Crippen molar-refractivity contribution in [2.75, 3.05) is 32.8 Å². The molecular formula is C24H28N2O5. The molecule has 2 aromatic rings. The molecule has 1 amide bonds. The molecule has 2 aliphatic heterocycles. The quantitative estimate of drug-likeness (QED) is 0.795. The third-order valence-electron chi connectivity index (χ3n) is 5.64. The number of amides is 1. The van der Waals surface area contributed by atoms with Crippen molar-refractivity contribution in [1.29, 1.82) is 0 Å². The molecule has 0 spiro atoms. The maximum atomic E-state index is 12.6. The number of fused-ring (bicyclic) bond motifs is 1. The van der Waals surface area contributed by atoms with Crippen LogP contribution in [0.2, 0.25) is 0 Å². The number of ketones is 1. The van der Waals surface area contributed by atoms with Crippen LogP contribution in [0.4, 0.5) is 0 Å². The Morgan fingerprint density at radius 3 is 2.55 bits per heavy atom. The molecule has 0 aliphatic carbocycles. The minimum atomic E-state index is -0.648. The Kier molecular flexibility index (Phi) is 5.87. The maximum absolute atomic E-state index is 12.6. The van der Waals surface area contributed by atoms with Gasteiger partial charge in [0.15, 0.2) is 12.4 Å². The summed E-state index contributed by atoms with van der Waals surface area (Å²) in [6.45, 7) is 7.30. The monoisotopic (exact) mass is 424 g/mol. The Morgan fingerprint density at radius 2 is 1.84 bits per heavy atom. The number of aromatic hydroxyl groups is 1. The lowest BCUT2D eigenvalue weighted by atomic mass is 9.92. The lowest BCUT2D eigenvalue weighted by molar-refractivity contribution is -0.135. The van der Waals surface area contributed by atoms with Gasteiger partial charge in [-0.25, -0.2) is 0 Å². The number of rotatable bonds is 5. The van der Waals surface area contributed by atoms with E-state index in [0.717, 1.165) is 19.6 Å². The molecule has 2 aromatic carbocycles. The van der Waals surface area contributed by atoms with Gasteiger partial charge >= 0.3 is 0 Å². The summed E-state index contributed by atoms with van der Waals surface area (Å²) in [5.74, 6) is 0.139. The highest BCUT2D eigenvalue weighted by Gasteiger charge is 2.35. The molecule has 2 aliphatic rings. The summed E-state index contributed by atoms with van der Waals surface area (Å²) in [5.41, 5.74) is 0.791. The standard InChI is InChI=1S/C24H28N2O5/c1-24(2)14-20(28)23-19(27)12-18(13-21(23)31-24)30-16-22(29)26-10-8-25(9-11-26)15-17-6-4-3-5-7-17/h3-7,12-13,27H,8-11,14-16H2,1-2H3. The number of Topliss-reactive ketones (excluding diaryl/α,β-unsaturated/α-hetero) is 1. The topological polar surface area (TPSA) is 79.3 Å². The van der Waals surface area contributed by atoms with Crippen molar-refractivity contribution in [3.8, 4) is 17.2 Å². The molecule has 0 aromatic heterocycles. The Balaban J connectivity index is 1.31. The van der Waals surface area contributed by atoms with Gasteiger partial charge in [-0.1, -0.05) is 30.3 Å². The van der Waals surface area contributed by atoms with Gasteiger partial charge in [0.2, 0.25) is 0 Å². The summed E-state index contributed by atoms with van der Waals surface area (Å²) in [5, 5.41) is 10.3. The van der Waals surface area contributed by atoms with E-state index in [4.69, 9.17) is 9.47 Å². The van der Waals surface area contributed by atoms with Crippen molar-refractivity contribution in [3.63, 3.8) is 0 Å². The average molecular weight is 424 g/mol. The van der Waals surface area contributed by atoms with Crippen molar-refractivity contribution >= 4 is 11.7 Å². The van der Waals surface area contributed by atoms with E-state index in [1.54, 1.807) is 11.0 Å². The number of benzene rings is 2. The van der Waals surface area contributed by atoms with Crippen molar-refractivity contribution in [2.24, 2.45) is 0 Å². The summed E-state index contributed by atoms with van der Waals surface area (Å²) in [7, 11) is 0.